The minimum Gasteiger partial charge on any atom is -0.465 e. The Bertz CT molecular complexity index is 380. The summed E-state index contributed by atoms with van der Waals surface area (Å²) in [6.07, 6.45) is 3.91. The van der Waals surface area contributed by atoms with Crippen molar-refractivity contribution in [3.05, 3.63) is 29.2 Å². The lowest BCUT2D eigenvalue weighted by Gasteiger charge is -2.23. The van der Waals surface area contributed by atoms with Crippen LogP contribution in [-0.2, 0) is 0 Å². The van der Waals surface area contributed by atoms with Crippen LogP contribution in [0.5, 0.6) is 0 Å². The Hall–Kier alpha value is -1.02. The average molecular weight is 235 g/mol. The highest BCUT2D eigenvalue weighted by atomic mass is 16.3. The van der Waals surface area contributed by atoms with Gasteiger partial charge in [0.25, 0.3) is 0 Å². The maximum atomic E-state index is 5.47. The highest BCUT2D eigenvalue weighted by molar-refractivity contribution is 5.51. The van der Waals surface area contributed by atoms with Gasteiger partial charge < -0.3 is 9.73 Å². The van der Waals surface area contributed by atoms with E-state index in [4.69, 9.17) is 4.42 Å². The van der Waals surface area contributed by atoms with Crippen LogP contribution in [0.2, 0.25) is 0 Å². The summed E-state index contributed by atoms with van der Waals surface area (Å²) in [5.74, 6) is 1.50. The first-order valence-corrected chi connectivity index (χ1v) is 6.29. The molecule has 0 saturated carbocycles. The zero-order chi connectivity index (χ0) is 13.1. The Balaban J connectivity index is 2.80. The van der Waals surface area contributed by atoms with E-state index in [0.29, 0.717) is 5.92 Å². The van der Waals surface area contributed by atoms with Gasteiger partial charge in [0, 0.05) is 12.1 Å². The van der Waals surface area contributed by atoms with Crippen molar-refractivity contribution in [1.82, 2.24) is 5.32 Å². The molecule has 0 spiro atoms. The smallest absolute Gasteiger partial charge is 0.129 e. The molecule has 0 atom stereocenters. The Morgan fingerprint density at radius 2 is 2.06 bits per heavy atom. The van der Waals surface area contributed by atoms with Gasteiger partial charge in [-0.2, -0.15) is 0 Å². The van der Waals surface area contributed by atoms with Crippen LogP contribution in [-0.4, -0.2) is 12.1 Å². The van der Waals surface area contributed by atoms with Crippen molar-refractivity contribution in [2.75, 3.05) is 6.54 Å². The molecule has 0 aliphatic heterocycles. The summed E-state index contributed by atoms with van der Waals surface area (Å²) in [5.41, 5.74) is 2.71. The quantitative estimate of drug-likeness (QED) is 0.852. The molecular formula is C15H25NO. The lowest BCUT2D eigenvalue weighted by Crippen LogP contribution is -2.37. The van der Waals surface area contributed by atoms with Crippen LogP contribution in [0.1, 0.15) is 45.9 Å². The zero-order valence-electron chi connectivity index (χ0n) is 11.9. The average Bonchev–Trinajstić information content (AvgIpc) is 2.56. The number of rotatable bonds is 4. The summed E-state index contributed by atoms with van der Waals surface area (Å²) in [6.45, 7) is 14.0. The van der Waals surface area contributed by atoms with Crippen LogP contribution in [0.25, 0.3) is 6.08 Å². The van der Waals surface area contributed by atoms with Gasteiger partial charge in [-0.1, -0.05) is 19.4 Å². The minimum atomic E-state index is 0.145. The molecule has 1 aromatic heterocycles. The fraction of sp³-hybridized carbons (Fsp3) is 0.600. The van der Waals surface area contributed by atoms with Gasteiger partial charge in [0.05, 0.1) is 6.26 Å². The third kappa shape index (κ3) is 4.78. The van der Waals surface area contributed by atoms with E-state index in [0.717, 1.165) is 12.3 Å². The van der Waals surface area contributed by atoms with Gasteiger partial charge in [0.2, 0.25) is 0 Å². The number of hydrogen-bond acceptors (Lipinski definition) is 2. The number of hydrogen-bond donors (Lipinski definition) is 1. The first-order chi connectivity index (χ1) is 7.79. The van der Waals surface area contributed by atoms with Crippen LogP contribution in [0.15, 0.2) is 22.3 Å². The summed E-state index contributed by atoms with van der Waals surface area (Å²) in [6, 6.07) is 2.00. The van der Waals surface area contributed by atoms with Crippen LogP contribution >= 0.6 is 0 Å². The number of aryl methyl sites for hydroxylation is 1. The van der Waals surface area contributed by atoms with E-state index in [9.17, 15) is 0 Å². The number of nitrogens with one attached hydrogen (secondary N) is 1. The van der Waals surface area contributed by atoms with Crippen molar-refractivity contribution in [2.24, 2.45) is 5.92 Å². The van der Waals surface area contributed by atoms with Crippen molar-refractivity contribution in [2.45, 2.75) is 47.1 Å². The predicted molar refractivity (Wildman–Crippen MR) is 74.0 cm³/mol. The SMILES string of the molecule is Cc1ccoc1/C=C(\CNC(C)(C)C)C(C)C. The van der Waals surface area contributed by atoms with Gasteiger partial charge in [0.15, 0.2) is 0 Å². The summed E-state index contributed by atoms with van der Waals surface area (Å²) in [5, 5.41) is 3.53. The number of furan rings is 1. The molecule has 1 rings (SSSR count). The molecule has 2 heteroatoms. The molecule has 17 heavy (non-hydrogen) atoms. The molecule has 0 fully saturated rings. The second-order valence-electron chi connectivity index (χ2n) is 5.95. The molecule has 1 heterocycles. The van der Waals surface area contributed by atoms with Crippen LogP contribution < -0.4 is 5.32 Å². The summed E-state index contributed by atoms with van der Waals surface area (Å²) in [4.78, 5) is 0. The molecular weight excluding hydrogens is 210 g/mol. The highest BCUT2D eigenvalue weighted by Crippen LogP contribution is 2.18. The van der Waals surface area contributed by atoms with Gasteiger partial charge >= 0.3 is 0 Å². The maximum absolute atomic E-state index is 5.47. The highest BCUT2D eigenvalue weighted by Gasteiger charge is 2.12. The van der Waals surface area contributed by atoms with Crippen molar-refractivity contribution in [3.8, 4) is 0 Å². The van der Waals surface area contributed by atoms with E-state index >= 15 is 0 Å². The van der Waals surface area contributed by atoms with Gasteiger partial charge in [-0.05, 0) is 51.3 Å². The van der Waals surface area contributed by atoms with Crippen LogP contribution in [0.4, 0.5) is 0 Å². The molecule has 1 N–H and O–H groups in total. The maximum Gasteiger partial charge on any atom is 0.129 e. The largest absolute Gasteiger partial charge is 0.465 e. The third-order valence-electron chi connectivity index (χ3n) is 2.78. The van der Waals surface area contributed by atoms with Gasteiger partial charge in [-0.25, -0.2) is 0 Å². The second-order valence-corrected chi connectivity index (χ2v) is 5.95. The van der Waals surface area contributed by atoms with Crippen molar-refractivity contribution >= 4 is 6.08 Å². The van der Waals surface area contributed by atoms with E-state index in [1.807, 2.05) is 6.07 Å². The topological polar surface area (TPSA) is 25.2 Å². The van der Waals surface area contributed by atoms with Crippen molar-refractivity contribution < 1.29 is 4.42 Å². The molecule has 0 aliphatic carbocycles. The fourth-order valence-corrected chi connectivity index (χ4v) is 1.49. The van der Waals surface area contributed by atoms with Crippen LogP contribution in [0, 0.1) is 12.8 Å². The summed E-state index contributed by atoms with van der Waals surface area (Å²) < 4.78 is 5.47. The first kappa shape index (κ1) is 14.0. The Kier molecular flexibility index (Phi) is 4.58. The lowest BCUT2D eigenvalue weighted by molar-refractivity contribution is 0.437. The molecule has 0 radical (unpaired) electrons. The summed E-state index contributed by atoms with van der Waals surface area (Å²) >= 11 is 0. The third-order valence-corrected chi connectivity index (χ3v) is 2.78. The molecule has 0 aliphatic rings. The molecule has 0 aromatic carbocycles. The standard InChI is InChI=1S/C15H25NO/c1-11(2)13(10-16-15(4,5)6)9-14-12(3)7-8-17-14/h7-9,11,16H,10H2,1-6H3/b13-9+. The molecule has 0 saturated heterocycles. The lowest BCUT2D eigenvalue weighted by atomic mass is 10.00. The summed E-state index contributed by atoms with van der Waals surface area (Å²) in [7, 11) is 0. The van der Waals surface area contributed by atoms with Gasteiger partial charge in [-0.3, -0.25) is 0 Å². The Morgan fingerprint density at radius 1 is 1.41 bits per heavy atom. The molecule has 0 bridgehead atoms. The predicted octanol–water partition coefficient (Wildman–Crippen LogP) is 4.02. The normalized spacial score (nSPS) is 13.5. The van der Waals surface area contributed by atoms with Crippen LogP contribution in [0.3, 0.4) is 0 Å². The minimum absolute atomic E-state index is 0.145. The molecule has 1 aromatic rings. The zero-order valence-corrected chi connectivity index (χ0v) is 11.9. The van der Waals surface area contributed by atoms with Crippen molar-refractivity contribution in [1.29, 1.82) is 0 Å². The Labute approximate surface area is 105 Å². The van der Waals surface area contributed by atoms with Crippen molar-refractivity contribution in [3.63, 3.8) is 0 Å². The van der Waals surface area contributed by atoms with E-state index < -0.39 is 0 Å². The van der Waals surface area contributed by atoms with Gasteiger partial charge in [-0.15, -0.1) is 0 Å². The van der Waals surface area contributed by atoms with E-state index in [2.05, 4.69) is 52.9 Å². The van der Waals surface area contributed by atoms with E-state index in [1.54, 1.807) is 6.26 Å². The second kappa shape index (κ2) is 5.54. The molecule has 0 amide bonds. The first-order valence-electron chi connectivity index (χ1n) is 6.29. The van der Waals surface area contributed by atoms with E-state index in [1.165, 1.54) is 11.1 Å². The Morgan fingerprint density at radius 3 is 2.47 bits per heavy atom. The molecule has 96 valence electrons. The monoisotopic (exact) mass is 235 g/mol. The van der Waals surface area contributed by atoms with E-state index in [-0.39, 0.29) is 5.54 Å². The molecule has 0 unspecified atom stereocenters. The molecule has 2 nitrogen and oxygen atoms in total. The van der Waals surface area contributed by atoms with Gasteiger partial charge in [0.1, 0.15) is 5.76 Å². The fourth-order valence-electron chi connectivity index (χ4n) is 1.49.